The molecule has 0 radical (unpaired) electrons. The first-order valence-electron chi connectivity index (χ1n) is 11.8. The van der Waals surface area contributed by atoms with E-state index in [4.69, 9.17) is 0 Å². The lowest BCUT2D eigenvalue weighted by atomic mass is 10.0. The smallest absolute Gasteiger partial charge is 0.282 e. The Kier molecular flexibility index (Phi) is 5.70. The van der Waals surface area contributed by atoms with Gasteiger partial charge >= 0.3 is 0 Å². The molecule has 0 unspecified atom stereocenters. The van der Waals surface area contributed by atoms with Gasteiger partial charge in [0.2, 0.25) is 0 Å². The molecule has 1 N–H and O–H groups in total. The summed E-state index contributed by atoms with van der Waals surface area (Å²) in [7, 11) is 0. The highest BCUT2D eigenvalue weighted by Gasteiger charge is 2.40. The fourth-order valence-corrected chi connectivity index (χ4v) is 4.82. The van der Waals surface area contributed by atoms with Crippen LogP contribution in [0.15, 0.2) is 72.4 Å². The topological polar surface area (TPSA) is 52.7 Å². The van der Waals surface area contributed by atoms with Gasteiger partial charge in [0, 0.05) is 24.5 Å². The third-order valence-corrected chi connectivity index (χ3v) is 6.50. The maximum Gasteiger partial charge on any atom is 0.282 e. The minimum absolute atomic E-state index is 0.307. The average Bonchev–Trinajstić information content (AvgIpc) is 3.42. The van der Waals surface area contributed by atoms with Crippen molar-refractivity contribution in [1.29, 1.82) is 0 Å². The number of carbonyl (C=O) groups excluding carboxylic acids is 2. The maximum absolute atomic E-state index is 13.7. The fourth-order valence-electron chi connectivity index (χ4n) is 4.82. The zero-order valence-electron chi connectivity index (χ0n) is 19.9. The molecule has 2 aliphatic rings. The Hall–Kier alpha value is -3.86. The number of hydrogen-bond donors (Lipinski definition) is 1. The number of benzene rings is 3. The molecule has 0 aromatic heterocycles. The minimum Gasteiger partial charge on any atom is -0.372 e. The highest BCUT2D eigenvalue weighted by molar-refractivity contribution is 6.46. The van der Waals surface area contributed by atoms with E-state index in [0.29, 0.717) is 17.0 Å². The lowest BCUT2D eigenvalue weighted by Gasteiger charge is -2.18. The van der Waals surface area contributed by atoms with Crippen molar-refractivity contribution in [3.8, 4) is 0 Å². The molecule has 1 fully saturated rings. The maximum atomic E-state index is 13.7. The second kappa shape index (κ2) is 8.82. The van der Waals surface area contributed by atoms with Gasteiger partial charge in [-0.3, -0.25) is 9.59 Å². The molecule has 34 heavy (non-hydrogen) atoms. The van der Waals surface area contributed by atoms with Gasteiger partial charge in [-0.2, -0.15) is 0 Å². The highest BCUT2D eigenvalue weighted by atomic mass is 16.2. The predicted octanol–water partition coefficient (Wildman–Crippen LogP) is 5.61. The van der Waals surface area contributed by atoms with Crippen LogP contribution in [-0.2, 0) is 9.59 Å². The first kappa shape index (κ1) is 22.0. The van der Waals surface area contributed by atoms with Crippen LogP contribution in [-0.4, -0.2) is 24.9 Å². The average molecular weight is 452 g/mol. The SMILES string of the molecule is Cc1ccc(C2=C(Nc3ccc(N4CCCC4)cc3)C(=O)N(c3cc(C)cc(C)c3)C2=O)cc1. The van der Waals surface area contributed by atoms with E-state index in [1.165, 1.54) is 23.4 Å². The molecular formula is C29H29N3O2. The van der Waals surface area contributed by atoms with Crippen molar-refractivity contribution in [2.75, 3.05) is 28.2 Å². The van der Waals surface area contributed by atoms with Crippen molar-refractivity contribution in [2.45, 2.75) is 33.6 Å². The van der Waals surface area contributed by atoms with Crippen molar-refractivity contribution in [3.05, 3.63) is 94.7 Å². The van der Waals surface area contributed by atoms with Crippen LogP contribution in [0.1, 0.15) is 35.1 Å². The van der Waals surface area contributed by atoms with E-state index >= 15 is 0 Å². The van der Waals surface area contributed by atoms with Crippen LogP contribution in [0.25, 0.3) is 5.57 Å². The summed E-state index contributed by atoms with van der Waals surface area (Å²) in [6.07, 6.45) is 2.44. The summed E-state index contributed by atoms with van der Waals surface area (Å²) in [5.74, 6) is -0.649. The van der Waals surface area contributed by atoms with Crippen molar-refractivity contribution in [2.24, 2.45) is 0 Å². The van der Waals surface area contributed by atoms with Gasteiger partial charge in [-0.25, -0.2) is 4.90 Å². The summed E-state index contributed by atoms with van der Waals surface area (Å²) in [4.78, 5) is 31.0. The minimum atomic E-state index is -0.339. The second-order valence-electron chi connectivity index (χ2n) is 9.27. The molecule has 0 spiro atoms. The Morgan fingerprint density at radius 1 is 0.676 bits per heavy atom. The molecule has 0 bridgehead atoms. The lowest BCUT2D eigenvalue weighted by molar-refractivity contribution is -0.120. The molecule has 0 atom stereocenters. The molecule has 5 heteroatoms. The number of anilines is 3. The number of nitrogens with one attached hydrogen (secondary N) is 1. The summed E-state index contributed by atoms with van der Waals surface area (Å²) < 4.78 is 0. The number of hydrogen-bond acceptors (Lipinski definition) is 4. The number of carbonyl (C=O) groups is 2. The van der Waals surface area contributed by atoms with Crippen LogP contribution in [0.4, 0.5) is 17.1 Å². The Labute approximate surface area is 200 Å². The van der Waals surface area contributed by atoms with Gasteiger partial charge in [0.25, 0.3) is 11.8 Å². The monoisotopic (exact) mass is 451 g/mol. The number of aryl methyl sites for hydroxylation is 3. The van der Waals surface area contributed by atoms with Crippen molar-refractivity contribution < 1.29 is 9.59 Å². The van der Waals surface area contributed by atoms with Gasteiger partial charge in [-0.15, -0.1) is 0 Å². The van der Waals surface area contributed by atoms with E-state index in [9.17, 15) is 9.59 Å². The quantitative estimate of drug-likeness (QED) is 0.513. The highest BCUT2D eigenvalue weighted by Crippen LogP contribution is 2.35. The Balaban J connectivity index is 1.53. The molecule has 2 aliphatic heterocycles. The standard InChI is InChI=1S/C29H29N3O2/c1-19-6-8-22(9-7-19)26-27(30-23-10-12-24(13-11-23)31-14-4-5-15-31)29(34)32(28(26)33)25-17-20(2)16-21(3)18-25/h6-13,16-18,30H,4-5,14-15H2,1-3H3. The third-order valence-electron chi connectivity index (χ3n) is 6.50. The molecular weight excluding hydrogens is 422 g/mol. The van der Waals surface area contributed by atoms with Crippen molar-refractivity contribution >= 4 is 34.4 Å². The Bertz CT molecular complexity index is 1260. The molecule has 3 aromatic carbocycles. The number of nitrogens with zero attached hydrogens (tertiary/aromatic N) is 2. The molecule has 0 saturated carbocycles. The van der Waals surface area contributed by atoms with Crippen LogP contribution < -0.4 is 15.1 Å². The number of imide groups is 1. The van der Waals surface area contributed by atoms with E-state index in [1.807, 2.05) is 75.4 Å². The first-order valence-corrected chi connectivity index (χ1v) is 11.8. The van der Waals surface area contributed by atoms with E-state index in [1.54, 1.807) is 0 Å². The molecule has 1 saturated heterocycles. The number of amides is 2. The Morgan fingerprint density at radius 2 is 1.29 bits per heavy atom. The van der Waals surface area contributed by atoms with E-state index in [0.717, 1.165) is 41.0 Å². The zero-order chi connectivity index (χ0) is 23.8. The van der Waals surface area contributed by atoms with E-state index in [2.05, 4.69) is 22.3 Å². The van der Waals surface area contributed by atoms with Gasteiger partial charge in [0.15, 0.2) is 0 Å². The van der Waals surface area contributed by atoms with Crippen LogP contribution >= 0.6 is 0 Å². The van der Waals surface area contributed by atoms with Crippen molar-refractivity contribution in [1.82, 2.24) is 0 Å². The third kappa shape index (κ3) is 4.10. The Morgan fingerprint density at radius 3 is 1.91 bits per heavy atom. The van der Waals surface area contributed by atoms with Gasteiger partial charge in [-0.1, -0.05) is 35.9 Å². The van der Waals surface area contributed by atoms with Gasteiger partial charge < -0.3 is 10.2 Å². The summed E-state index contributed by atoms with van der Waals surface area (Å²) in [5, 5.41) is 3.28. The van der Waals surface area contributed by atoms with Crippen LogP contribution in [0.3, 0.4) is 0 Å². The van der Waals surface area contributed by atoms with Crippen LogP contribution in [0.5, 0.6) is 0 Å². The van der Waals surface area contributed by atoms with Gasteiger partial charge in [0.05, 0.1) is 11.3 Å². The van der Waals surface area contributed by atoms with Gasteiger partial charge in [-0.05, 0) is 86.7 Å². The van der Waals surface area contributed by atoms with E-state index in [-0.39, 0.29) is 11.8 Å². The normalized spacial score (nSPS) is 16.1. The summed E-state index contributed by atoms with van der Waals surface area (Å²) >= 11 is 0. The van der Waals surface area contributed by atoms with Crippen LogP contribution in [0.2, 0.25) is 0 Å². The molecule has 2 amide bonds. The summed E-state index contributed by atoms with van der Waals surface area (Å²) in [5.41, 5.74) is 7.10. The molecule has 172 valence electrons. The van der Waals surface area contributed by atoms with Crippen LogP contribution in [0, 0.1) is 20.8 Å². The van der Waals surface area contributed by atoms with E-state index < -0.39 is 0 Å². The first-order chi connectivity index (χ1) is 16.4. The van der Waals surface area contributed by atoms with Crippen molar-refractivity contribution in [3.63, 3.8) is 0 Å². The number of rotatable bonds is 5. The predicted molar refractivity (Wildman–Crippen MR) is 138 cm³/mol. The summed E-state index contributed by atoms with van der Waals surface area (Å²) in [6.45, 7) is 8.09. The molecule has 2 heterocycles. The molecule has 3 aromatic rings. The second-order valence-corrected chi connectivity index (χ2v) is 9.27. The lowest BCUT2D eigenvalue weighted by Crippen LogP contribution is -2.32. The molecule has 0 aliphatic carbocycles. The van der Waals surface area contributed by atoms with Gasteiger partial charge in [0.1, 0.15) is 5.70 Å². The molecule has 5 rings (SSSR count). The fraction of sp³-hybridized carbons (Fsp3) is 0.241. The molecule has 5 nitrogen and oxygen atoms in total. The zero-order valence-corrected chi connectivity index (χ0v) is 19.9. The summed E-state index contributed by atoms with van der Waals surface area (Å²) in [6, 6.07) is 21.6. The largest absolute Gasteiger partial charge is 0.372 e.